The van der Waals surface area contributed by atoms with Crippen LogP contribution in [0.5, 0.6) is 11.5 Å². The fourth-order valence-electron chi connectivity index (χ4n) is 3.48. The average Bonchev–Trinajstić information content (AvgIpc) is 3.10. The fourth-order valence-corrected chi connectivity index (χ4v) is 5.68. The van der Waals surface area contributed by atoms with Crippen LogP contribution in [0.3, 0.4) is 0 Å². The van der Waals surface area contributed by atoms with Gasteiger partial charge in [0.2, 0.25) is 5.91 Å². The molecule has 31 heavy (non-hydrogen) atoms. The number of methoxy groups -OCH3 is 2. The predicted molar refractivity (Wildman–Crippen MR) is 123 cm³/mol. The van der Waals surface area contributed by atoms with E-state index in [0.717, 1.165) is 5.56 Å². The zero-order valence-corrected chi connectivity index (χ0v) is 19.5. The normalized spacial score (nSPS) is 17.6. The molecule has 2 aromatic rings. The lowest BCUT2D eigenvalue weighted by Crippen LogP contribution is -2.39. The van der Waals surface area contributed by atoms with Crippen molar-refractivity contribution in [1.29, 1.82) is 0 Å². The maximum absolute atomic E-state index is 13.1. The van der Waals surface area contributed by atoms with Gasteiger partial charge in [-0.1, -0.05) is 35.3 Å². The number of hydrogen-bond donors (Lipinski definition) is 0. The third-order valence-corrected chi connectivity index (χ3v) is 7.41. The number of carbonyl (C=O) groups is 1. The van der Waals surface area contributed by atoms with E-state index >= 15 is 0 Å². The summed E-state index contributed by atoms with van der Waals surface area (Å²) in [5.41, 5.74) is 1.44. The van der Waals surface area contributed by atoms with Gasteiger partial charge in [-0.25, -0.2) is 8.42 Å². The lowest BCUT2D eigenvalue weighted by Gasteiger charge is -2.27. The largest absolute Gasteiger partial charge is 0.493 e. The minimum absolute atomic E-state index is 0.0540. The maximum Gasteiger partial charge on any atom is 0.247 e. The molecule has 1 aliphatic rings. The molecular formula is C22H23Cl2NO5S. The summed E-state index contributed by atoms with van der Waals surface area (Å²) in [6.07, 6.45) is 3.41. The molecule has 0 spiro atoms. The van der Waals surface area contributed by atoms with Crippen LogP contribution in [0.2, 0.25) is 10.0 Å². The highest BCUT2D eigenvalue weighted by atomic mass is 35.5. The van der Waals surface area contributed by atoms with Crippen LogP contribution in [0.25, 0.3) is 6.08 Å². The number of hydrogen-bond acceptors (Lipinski definition) is 5. The number of halogens is 2. The molecule has 0 aliphatic carbocycles. The molecule has 0 radical (unpaired) electrons. The summed E-state index contributed by atoms with van der Waals surface area (Å²) < 4.78 is 34.7. The van der Waals surface area contributed by atoms with Crippen molar-refractivity contribution in [2.24, 2.45) is 0 Å². The summed E-state index contributed by atoms with van der Waals surface area (Å²) in [5.74, 6) is 0.824. The average molecular weight is 484 g/mol. The number of carbonyl (C=O) groups excluding carboxylic acids is 1. The topological polar surface area (TPSA) is 72.9 Å². The molecule has 1 fully saturated rings. The standard InChI is InChI=1S/C22H23Cl2NO5S/c1-29-20-7-3-15(11-21(20)30-2)13-25(18-9-10-31(27,28)14-18)22(26)8-5-16-4-6-17(23)12-19(16)24/h3-8,11-12,18H,9-10,13-14H2,1-2H3/b8-5+/t18-/m1/s1. The highest BCUT2D eigenvalue weighted by Gasteiger charge is 2.34. The molecule has 9 heteroatoms. The molecule has 0 saturated carbocycles. The van der Waals surface area contributed by atoms with E-state index < -0.39 is 15.9 Å². The summed E-state index contributed by atoms with van der Waals surface area (Å²) in [6, 6.07) is 9.95. The Morgan fingerprint density at radius 2 is 1.87 bits per heavy atom. The van der Waals surface area contributed by atoms with E-state index in [1.807, 2.05) is 6.07 Å². The van der Waals surface area contributed by atoms with Gasteiger partial charge >= 0.3 is 0 Å². The number of amides is 1. The Labute approximate surface area is 192 Å². The van der Waals surface area contributed by atoms with Crippen molar-refractivity contribution >= 4 is 45.0 Å². The van der Waals surface area contributed by atoms with Crippen molar-refractivity contribution in [2.75, 3.05) is 25.7 Å². The third-order valence-electron chi connectivity index (χ3n) is 5.10. The number of benzene rings is 2. The Hall–Kier alpha value is -2.22. The fraction of sp³-hybridized carbons (Fsp3) is 0.318. The van der Waals surface area contributed by atoms with E-state index in [9.17, 15) is 13.2 Å². The molecule has 0 unspecified atom stereocenters. The van der Waals surface area contributed by atoms with Crippen molar-refractivity contribution in [3.05, 3.63) is 63.6 Å². The lowest BCUT2D eigenvalue weighted by molar-refractivity contribution is -0.128. The Balaban J connectivity index is 1.87. The molecule has 6 nitrogen and oxygen atoms in total. The Bertz CT molecular complexity index is 1100. The molecule has 1 amide bonds. The Kier molecular flexibility index (Phi) is 7.51. The quantitative estimate of drug-likeness (QED) is 0.550. The van der Waals surface area contributed by atoms with Crippen LogP contribution in [-0.2, 0) is 21.2 Å². The van der Waals surface area contributed by atoms with E-state index in [4.69, 9.17) is 32.7 Å². The molecular weight excluding hydrogens is 461 g/mol. The third kappa shape index (κ3) is 5.93. The lowest BCUT2D eigenvalue weighted by atomic mass is 10.1. The molecule has 0 bridgehead atoms. The summed E-state index contributed by atoms with van der Waals surface area (Å²) in [6.45, 7) is 0.234. The van der Waals surface area contributed by atoms with Gasteiger partial charge in [-0.3, -0.25) is 4.79 Å². The monoisotopic (exact) mass is 483 g/mol. The molecule has 2 aromatic carbocycles. The second-order valence-corrected chi connectivity index (χ2v) is 10.3. The summed E-state index contributed by atoms with van der Waals surface area (Å²) in [5, 5.41) is 0.922. The zero-order chi connectivity index (χ0) is 22.6. The second-order valence-electron chi connectivity index (χ2n) is 7.21. The molecule has 166 valence electrons. The van der Waals surface area contributed by atoms with Gasteiger partial charge in [-0.15, -0.1) is 0 Å². The highest BCUT2D eigenvalue weighted by molar-refractivity contribution is 7.91. The van der Waals surface area contributed by atoms with E-state index in [1.54, 1.807) is 48.4 Å². The van der Waals surface area contributed by atoms with Crippen LogP contribution in [0, 0.1) is 0 Å². The number of rotatable bonds is 7. The predicted octanol–water partition coefficient (Wildman–Crippen LogP) is 4.24. The van der Waals surface area contributed by atoms with E-state index in [2.05, 4.69) is 0 Å². The van der Waals surface area contributed by atoms with E-state index in [-0.39, 0.29) is 24.0 Å². The molecule has 1 aliphatic heterocycles. The van der Waals surface area contributed by atoms with Crippen LogP contribution in [0.4, 0.5) is 0 Å². The minimum Gasteiger partial charge on any atom is -0.493 e. The smallest absolute Gasteiger partial charge is 0.247 e. The van der Waals surface area contributed by atoms with Crippen LogP contribution in [-0.4, -0.2) is 51.0 Å². The molecule has 3 rings (SSSR count). The first-order valence-electron chi connectivity index (χ1n) is 9.57. The molecule has 0 aromatic heterocycles. The Morgan fingerprint density at radius 1 is 1.13 bits per heavy atom. The molecule has 0 N–H and O–H groups in total. The van der Waals surface area contributed by atoms with Crippen LogP contribution < -0.4 is 9.47 Å². The SMILES string of the molecule is COc1ccc(CN(C(=O)/C=C/c2ccc(Cl)cc2Cl)[C@@H]2CCS(=O)(=O)C2)cc1OC. The van der Waals surface area contributed by atoms with Crippen LogP contribution >= 0.6 is 23.2 Å². The van der Waals surface area contributed by atoms with Crippen molar-refractivity contribution in [2.45, 2.75) is 19.0 Å². The molecule has 1 atom stereocenters. The number of nitrogens with zero attached hydrogens (tertiary/aromatic N) is 1. The van der Waals surface area contributed by atoms with Crippen molar-refractivity contribution in [3.63, 3.8) is 0 Å². The summed E-state index contributed by atoms with van der Waals surface area (Å²) in [7, 11) is -0.0873. The van der Waals surface area contributed by atoms with Crippen molar-refractivity contribution in [1.82, 2.24) is 4.90 Å². The minimum atomic E-state index is -3.17. The number of ether oxygens (including phenoxy) is 2. The van der Waals surface area contributed by atoms with E-state index in [0.29, 0.717) is 33.5 Å². The summed E-state index contributed by atoms with van der Waals surface area (Å²) in [4.78, 5) is 14.7. The first kappa shape index (κ1) is 23.4. The highest BCUT2D eigenvalue weighted by Crippen LogP contribution is 2.29. The maximum atomic E-state index is 13.1. The van der Waals surface area contributed by atoms with Gasteiger partial charge in [0.25, 0.3) is 0 Å². The first-order valence-corrected chi connectivity index (χ1v) is 12.1. The van der Waals surface area contributed by atoms with Gasteiger partial charge < -0.3 is 14.4 Å². The zero-order valence-electron chi connectivity index (χ0n) is 17.2. The number of sulfone groups is 1. The second kappa shape index (κ2) is 9.94. The van der Waals surface area contributed by atoms with Crippen LogP contribution in [0.1, 0.15) is 17.5 Å². The van der Waals surface area contributed by atoms with Gasteiger partial charge in [0.1, 0.15) is 0 Å². The first-order chi connectivity index (χ1) is 14.7. The van der Waals surface area contributed by atoms with Crippen LogP contribution in [0.15, 0.2) is 42.5 Å². The van der Waals surface area contributed by atoms with E-state index in [1.165, 1.54) is 13.2 Å². The van der Waals surface area contributed by atoms with Gasteiger partial charge in [0.15, 0.2) is 21.3 Å². The van der Waals surface area contributed by atoms with Gasteiger partial charge in [-0.2, -0.15) is 0 Å². The summed E-state index contributed by atoms with van der Waals surface area (Å²) >= 11 is 12.1. The van der Waals surface area contributed by atoms with Gasteiger partial charge in [0, 0.05) is 28.7 Å². The molecule has 1 heterocycles. The van der Waals surface area contributed by atoms with Gasteiger partial charge in [0.05, 0.1) is 25.7 Å². The van der Waals surface area contributed by atoms with Gasteiger partial charge in [-0.05, 0) is 47.9 Å². The molecule has 1 saturated heterocycles. The Morgan fingerprint density at radius 3 is 2.48 bits per heavy atom. The van der Waals surface area contributed by atoms with Crippen molar-refractivity contribution < 1.29 is 22.7 Å². The van der Waals surface area contributed by atoms with Crippen molar-refractivity contribution in [3.8, 4) is 11.5 Å².